The Balaban J connectivity index is 1.97. The molecule has 0 aliphatic rings. The molecule has 0 saturated carbocycles. The number of hydrogen-bond donors (Lipinski definition) is 0. The summed E-state index contributed by atoms with van der Waals surface area (Å²) >= 11 is 3.38. The van der Waals surface area contributed by atoms with Crippen molar-refractivity contribution < 1.29 is 9.47 Å². The van der Waals surface area contributed by atoms with Gasteiger partial charge in [-0.25, -0.2) is 0 Å². The second-order valence-electron chi connectivity index (χ2n) is 3.52. The highest BCUT2D eigenvalue weighted by molar-refractivity contribution is 9.10. The fourth-order valence-electron chi connectivity index (χ4n) is 1.39. The van der Waals surface area contributed by atoms with E-state index in [-0.39, 0.29) is 0 Å². The van der Waals surface area contributed by atoms with E-state index in [1.54, 1.807) is 7.11 Å². The van der Waals surface area contributed by atoms with E-state index in [4.69, 9.17) is 9.47 Å². The quantitative estimate of drug-likeness (QED) is 0.852. The first-order valence-electron chi connectivity index (χ1n) is 5.20. The van der Waals surface area contributed by atoms with Crippen molar-refractivity contribution in [2.75, 3.05) is 7.11 Å². The van der Waals surface area contributed by atoms with Crippen molar-refractivity contribution >= 4 is 15.9 Å². The van der Waals surface area contributed by atoms with E-state index >= 15 is 0 Å². The predicted octanol–water partition coefficient (Wildman–Crippen LogP) is 3.84. The summed E-state index contributed by atoms with van der Waals surface area (Å²) in [7, 11) is 1.66. The Labute approximate surface area is 109 Å². The Bertz CT molecular complexity index is 480. The summed E-state index contributed by atoms with van der Waals surface area (Å²) in [5.74, 6) is 1.65. The van der Waals surface area contributed by atoms with Crippen molar-refractivity contribution in [3.8, 4) is 11.5 Å². The molecule has 0 aliphatic heterocycles. The highest BCUT2D eigenvalue weighted by Gasteiger charge is 1.97. The van der Waals surface area contributed by atoms with E-state index in [2.05, 4.69) is 22.0 Å². The normalized spacial score (nSPS) is 10.0. The third-order valence-electron chi connectivity index (χ3n) is 2.29. The lowest BCUT2D eigenvalue weighted by Crippen LogP contribution is -1.95. The Morgan fingerprint density at radius 1 is 1.12 bits per heavy atom. The topological polar surface area (TPSA) is 18.5 Å². The maximum absolute atomic E-state index is 5.64. The lowest BCUT2D eigenvalue weighted by molar-refractivity contribution is 0.305. The molecule has 0 saturated heterocycles. The van der Waals surface area contributed by atoms with Crippen molar-refractivity contribution in [2.24, 2.45) is 0 Å². The first kappa shape index (κ1) is 12.0. The molecule has 2 aromatic carbocycles. The van der Waals surface area contributed by atoms with Crippen LogP contribution < -0.4 is 9.47 Å². The third kappa shape index (κ3) is 3.49. The molecule has 0 aliphatic carbocycles. The van der Waals surface area contributed by atoms with Crippen LogP contribution in [-0.2, 0) is 6.61 Å². The van der Waals surface area contributed by atoms with Gasteiger partial charge in [0, 0.05) is 4.47 Å². The molecule has 0 amide bonds. The summed E-state index contributed by atoms with van der Waals surface area (Å²) in [6.07, 6.45) is 0. The molecule has 0 bridgehead atoms. The number of methoxy groups -OCH3 is 1. The van der Waals surface area contributed by atoms with Gasteiger partial charge in [0.2, 0.25) is 0 Å². The number of benzene rings is 2. The van der Waals surface area contributed by atoms with Crippen LogP contribution in [0.4, 0.5) is 0 Å². The van der Waals surface area contributed by atoms with Crippen molar-refractivity contribution in [1.82, 2.24) is 0 Å². The van der Waals surface area contributed by atoms with Crippen LogP contribution >= 0.6 is 15.9 Å². The molecule has 0 N–H and O–H groups in total. The Hall–Kier alpha value is -1.48. The number of halogens is 1. The van der Waals surface area contributed by atoms with Crippen LogP contribution in [-0.4, -0.2) is 7.11 Å². The summed E-state index contributed by atoms with van der Waals surface area (Å²) < 4.78 is 11.7. The molecule has 0 spiro atoms. The average molecular weight is 292 g/mol. The van der Waals surface area contributed by atoms with E-state index in [1.165, 1.54) is 0 Å². The monoisotopic (exact) mass is 291 g/mol. The van der Waals surface area contributed by atoms with Gasteiger partial charge in [0.05, 0.1) is 7.11 Å². The average Bonchev–Trinajstić information content (AvgIpc) is 2.37. The summed E-state index contributed by atoms with van der Waals surface area (Å²) in [5, 5.41) is 0. The summed E-state index contributed by atoms with van der Waals surface area (Å²) in [4.78, 5) is 0. The van der Waals surface area contributed by atoms with Crippen molar-refractivity contribution in [1.29, 1.82) is 0 Å². The van der Waals surface area contributed by atoms with Crippen LogP contribution in [0, 0.1) is 6.07 Å². The molecule has 0 aromatic heterocycles. The molecule has 0 fully saturated rings. The van der Waals surface area contributed by atoms with Gasteiger partial charge in [0.25, 0.3) is 0 Å². The zero-order valence-corrected chi connectivity index (χ0v) is 11.0. The molecule has 2 aromatic rings. The van der Waals surface area contributed by atoms with E-state index in [0.717, 1.165) is 21.5 Å². The molecule has 1 radical (unpaired) electrons. The smallest absolute Gasteiger partial charge is 0.121 e. The molecule has 0 atom stereocenters. The van der Waals surface area contributed by atoms with Crippen molar-refractivity contribution in [3.05, 3.63) is 58.6 Å². The maximum atomic E-state index is 5.64. The molecule has 2 rings (SSSR count). The van der Waals surface area contributed by atoms with Gasteiger partial charge in [-0.1, -0.05) is 28.1 Å². The van der Waals surface area contributed by atoms with Gasteiger partial charge in [-0.3, -0.25) is 0 Å². The SMILES string of the molecule is COc1ccc(COc2c[c]cc(Br)c2)cc1. The highest BCUT2D eigenvalue weighted by Crippen LogP contribution is 2.19. The Kier molecular flexibility index (Phi) is 4.04. The minimum absolute atomic E-state index is 0.536. The van der Waals surface area contributed by atoms with E-state index in [1.807, 2.05) is 42.5 Å². The first-order chi connectivity index (χ1) is 8.28. The summed E-state index contributed by atoms with van der Waals surface area (Å²) in [6, 6.07) is 16.4. The Morgan fingerprint density at radius 2 is 1.88 bits per heavy atom. The van der Waals surface area contributed by atoms with Crippen molar-refractivity contribution in [3.63, 3.8) is 0 Å². The standard InChI is InChI=1S/C14H12BrO2/c1-16-13-7-5-11(6-8-13)10-17-14-4-2-3-12(15)9-14/h3-9H,10H2,1H3. The fourth-order valence-corrected chi connectivity index (χ4v) is 1.75. The second-order valence-corrected chi connectivity index (χ2v) is 4.44. The van der Waals surface area contributed by atoms with Gasteiger partial charge in [0.1, 0.15) is 18.1 Å². The lowest BCUT2D eigenvalue weighted by Gasteiger charge is -2.07. The van der Waals surface area contributed by atoms with Gasteiger partial charge >= 0.3 is 0 Å². The van der Waals surface area contributed by atoms with Crippen LogP contribution in [0.15, 0.2) is 46.9 Å². The molecule has 2 nitrogen and oxygen atoms in total. The lowest BCUT2D eigenvalue weighted by atomic mass is 10.2. The van der Waals surface area contributed by atoms with Crippen LogP contribution in [0.1, 0.15) is 5.56 Å². The summed E-state index contributed by atoms with van der Waals surface area (Å²) in [5.41, 5.74) is 1.10. The van der Waals surface area contributed by atoms with Gasteiger partial charge in [0.15, 0.2) is 0 Å². The van der Waals surface area contributed by atoms with E-state index in [0.29, 0.717) is 6.61 Å². The Morgan fingerprint density at radius 3 is 2.53 bits per heavy atom. The second kappa shape index (κ2) is 5.73. The molecule has 0 unspecified atom stereocenters. The molecule has 17 heavy (non-hydrogen) atoms. The van der Waals surface area contributed by atoms with E-state index < -0.39 is 0 Å². The first-order valence-corrected chi connectivity index (χ1v) is 5.99. The number of rotatable bonds is 4. The molecular weight excluding hydrogens is 280 g/mol. The van der Waals surface area contributed by atoms with Crippen LogP contribution in [0.3, 0.4) is 0 Å². The van der Waals surface area contributed by atoms with Gasteiger partial charge in [-0.05, 0) is 42.0 Å². The summed E-state index contributed by atoms with van der Waals surface area (Å²) in [6.45, 7) is 0.536. The largest absolute Gasteiger partial charge is 0.497 e. The highest BCUT2D eigenvalue weighted by atomic mass is 79.9. The molecular formula is C14H12BrO2. The molecule has 0 heterocycles. The number of hydrogen-bond acceptors (Lipinski definition) is 2. The zero-order chi connectivity index (χ0) is 12.1. The van der Waals surface area contributed by atoms with Gasteiger partial charge in [-0.15, -0.1) is 0 Å². The van der Waals surface area contributed by atoms with Crippen LogP contribution in [0.25, 0.3) is 0 Å². The van der Waals surface area contributed by atoms with Gasteiger partial charge < -0.3 is 9.47 Å². The molecule has 87 valence electrons. The minimum atomic E-state index is 0.536. The molecule has 3 heteroatoms. The number of ether oxygens (including phenoxy) is 2. The van der Waals surface area contributed by atoms with Crippen LogP contribution in [0.5, 0.6) is 11.5 Å². The van der Waals surface area contributed by atoms with E-state index in [9.17, 15) is 0 Å². The zero-order valence-electron chi connectivity index (χ0n) is 9.44. The van der Waals surface area contributed by atoms with Crippen LogP contribution in [0.2, 0.25) is 0 Å². The third-order valence-corrected chi connectivity index (χ3v) is 2.75. The fraction of sp³-hybridized carbons (Fsp3) is 0.143. The maximum Gasteiger partial charge on any atom is 0.121 e. The predicted molar refractivity (Wildman–Crippen MR) is 70.3 cm³/mol. The minimum Gasteiger partial charge on any atom is -0.497 e. The van der Waals surface area contributed by atoms with Gasteiger partial charge in [-0.2, -0.15) is 0 Å². The van der Waals surface area contributed by atoms with Crippen molar-refractivity contribution in [2.45, 2.75) is 6.61 Å².